The van der Waals surface area contributed by atoms with Crippen LogP contribution in [0.25, 0.3) is 0 Å². The minimum absolute atomic E-state index is 0.0486. The van der Waals surface area contributed by atoms with Crippen LogP contribution in [0.15, 0.2) is 24.4 Å². The molecule has 1 atom stereocenters. The maximum absolute atomic E-state index is 13.2. The normalized spacial score (nSPS) is 12.8. The summed E-state index contributed by atoms with van der Waals surface area (Å²) in [6, 6.07) is 4.09. The number of ether oxygens (including phenoxy) is 1. The molecule has 0 aliphatic rings. The lowest BCUT2D eigenvalue weighted by atomic mass is 10.0. The highest BCUT2D eigenvalue weighted by Crippen LogP contribution is 2.31. The number of nitrogens with two attached hydrogens (primary N) is 1. The minimum Gasteiger partial charge on any atom is -0.493 e. The van der Waals surface area contributed by atoms with Gasteiger partial charge < -0.3 is 10.5 Å². The molecule has 108 valence electrons. The summed E-state index contributed by atoms with van der Waals surface area (Å²) >= 11 is 5.81. The van der Waals surface area contributed by atoms with Crippen LogP contribution in [0.1, 0.15) is 37.2 Å². The molecule has 1 aromatic carbocycles. The molecule has 0 bridgehead atoms. The first-order valence-corrected chi connectivity index (χ1v) is 6.65. The Balaban J connectivity index is 2.49. The monoisotopic (exact) mass is 297 g/mol. The van der Waals surface area contributed by atoms with E-state index in [0.29, 0.717) is 11.3 Å². The molecule has 1 aromatic heterocycles. The van der Waals surface area contributed by atoms with Crippen molar-refractivity contribution in [2.45, 2.75) is 25.9 Å². The predicted molar refractivity (Wildman–Crippen MR) is 76.6 cm³/mol. The van der Waals surface area contributed by atoms with Crippen molar-refractivity contribution in [1.29, 1.82) is 0 Å². The first kappa shape index (κ1) is 14.8. The van der Waals surface area contributed by atoms with Gasteiger partial charge in [-0.1, -0.05) is 17.7 Å². The van der Waals surface area contributed by atoms with Crippen LogP contribution in [-0.4, -0.2) is 16.9 Å². The van der Waals surface area contributed by atoms with Gasteiger partial charge in [0.25, 0.3) is 0 Å². The summed E-state index contributed by atoms with van der Waals surface area (Å²) < 4.78 is 20.3. The molecule has 6 heteroatoms. The fraction of sp³-hybridized carbons (Fsp3) is 0.357. The van der Waals surface area contributed by atoms with Gasteiger partial charge >= 0.3 is 0 Å². The molecule has 20 heavy (non-hydrogen) atoms. The van der Waals surface area contributed by atoms with Crippen molar-refractivity contribution in [3.8, 4) is 5.75 Å². The SMILES string of the molecule is COc1cnn(C(C)C)c1C(N)c1ccc(F)c(Cl)c1. The third kappa shape index (κ3) is 2.64. The summed E-state index contributed by atoms with van der Waals surface area (Å²) in [5.74, 6) is 0.138. The van der Waals surface area contributed by atoms with Crippen LogP contribution >= 0.6 is 11.6 Å². The van der Waals surface area contributed by atoms with Crippen LogP contribution in [0.5, 0.6) is 5.75 Å². The Kier molecular flexibility index (Phi) is 4.30. The fourth-order valence-corrected chi connectivity index (χ4v) is 2.27. The minimum atomic E-state index is -0.493. The number of rotatable bonds is 4. The molecule has 0 radical (unpaired) electrons. The average Bonchev–Trinajstić information content (AvgIpc) is 2.85. The van der Waals surface area contributed by atoms with E-state index < -0.39 is 11.9 Å². The standard InChI is InChI=1S/C14H17ClFN3O/c1-8(2)19-14(12(20-3)7-18-19)13(17)9-4-5-11(16)10(15)6-9/h4-8,13H,17H2,1-3H3. The summed E-state index contributed by atoms with van der Waals surface area (Å²) in [5, 5.41) is 4.33. The second kappa shape index (κ2) is 5.81. The Labute approximate surface area is 122 Å². The Morgan fingerprint density at radius 1 is 1.40 bits per heavy atom. The number of nitrogens with zero attached hydrogens (tertiary/aromatic N) is 2. The summed E-state index contributed by atoms with van der Waals surface area (Å²) in [4.78, 5) is 0. The maximum atomic E-state index is 13.2. The Morgan fingerprint density at radius 3 is 2.65 bits per heavy atom. The highest BCUT2D eigenvalue weighted by molar-refractivity contribution is 6.30. The molecule has 0 fully saturated rings. The molecule has 2 N–H and O–H groups in total. The van der Waals surface area contributed by atoms with E-state index in [2.05, 4.69) is 5.10 Å². The third-order valence-electron chi connectivity index (χ3n) is 3.11. The Bertz CT molecular complexity index is 612. The van der Waals surface area contributed by atoms with Gasteiger partial charge in [-0.3, -0.25) is 4.68 Å². The lowest BCUT2D eigenvalue weighted by molar-refractivity contribution is 0.401. The van der Waals surface area contributed by atoms with Crippen molar-refractivity contribution in [2.75, 3.05) is 7.11 Å². The van der Waals surface area contributed by atoms with Gasteiger partial charge in [-0.2, -0.15) is 5.10 Å². The molecule has 4 nitrogen and oxygen atoms in total. The first-order chi connectivity index (χ1) is 9.45. The van der Waals surface area contributed by atoms with Gasteiger partial charge in [0.05, 0.1) is 24.4 Å². The Hall–Kier alpha value is -1.59. The fourth-order valence-electron chi connectivity index (χ4n) is 2.08. The zero-order chi connectivity index (χ0) is 14.9. The van der Waals surface area contributed by atoms with Crippen LogP contribution in [-0.2, 0) is 0 Å². The van der Waals surface area contributed by atoms with E-state index in [1.807, 2.05) is 13.8 Å². The smallest absolute Gasteiger partial charge is 0.161 e. The van der Waals surface area contributed by atoms with Gasteiger partial charge in [-0.05, 0) is 31.5 Å². The van der Waals surface area contributed by atoms with Gasteiger partial charge in [-0.15, -0.1) is 0 Å². The highest BCUT2D eigenvalue weighted by atomic mass is 35.5. The summed E-state index contributed by atoms with van der Waals surface area (Å²) in [7, 11) is 1.57. The van der Waals surface area contributed by atoms with Gasteiger partial charge in [-0.25, -0.2) is 4.39 Å². The predicted octanol–water partition coefficient (Wildman–Crippen LogP) is 3.31. The molecule has 0 spiro atoms. The molecular formula is C14H17ClFN3O. The molecule has 2 rings (SSSR count). The van der Waals surface area contributed by atoms with Gasteiger partial charge in [0, 0.05) is 6.04 Å². The van der Waals surface area contributed by atoms with Crippen LogP contribution in [0.2, 0.25) is 5.02 Å². The van der Waals surface area contributed by atoms with Crippen LogP contribution in [0, 0.1) is 5.82 Å². The van der Waals surface area contributed by atoms with Gasteiger partial charge in [0.1, 0.15) is 11.5 Å². The third-order valence-corrected chi connectivity index (χ3v) is 3.39. The van der Waals surface area contributed by atoms with Crippen molar-refractivity contribution in [2.24, 2.45) is 5.73 Å². The number of aromatic nitrogens is 2. The van der Waals surface area contributed by atoms with Gasteiger partial charge in [0.15, 0.2) is 5.75 Å². The summed E-state index contributed by atoms with van der Waals surface area (Å²) in [6.07, 6.45) is 1.63. The lowest BCUT2D eigenvalue weighted by Gasteiger charge is -2.18. The van der Waals surface area contributed by atoms with Crippen molar-refractivity contribution in [3.05, 3.63) is 46.5 Å². The van der Waals surface area contributed by atoms with Crippen molar-refractivity contribution in [3.63, 3.8) is 0 Å². The van der Waals surface area contributed by atoms with E-state index >= 15 is 0 Å². The number of hydrogen-bond donors (Lipinski definition) is 1. The van der Waals surface area contributed by atoms with Crippen LogP contribution < -0.4 is 10.5 Å². The molecule has 0 amide bonds. The van der Waals surface area contributed by atoms with Crippen molar-refractivity contribution in [1.82, 2.24) is 9.78 Å². The van der Waals surface area contributed by atoms with Crippen LogP contribution in [0.3, 0.4) is 0 Å². The number of hydrogen-bond acceptors (Lipinski definition) is 3. The molecule has 0 saturated carbocycles. The van der Waals surface area contributed by atoms with E-state index in [1.165, 1.54) is 12.1 Å². The quantitative estimate of drug-likeness (QED) is 0.942. The molecule has 0 aliphatic carbocycles. The van der Waals surface area contributed by atoms with E-state index in [4.69, 9.17) is 22.1 Å². The van der Waals surface area contributed by atoms with E-state index in [9.17, 15) is 4.39 Å². The lowest BCUT2D eigenvalue weighted by Crippen LogP contribution is -2.19. The van der Waals surface area contributed by atoms with Crippen molar-refractivity contribution < 1.29 is 9.13 Å². The first-order valence-electron chi connectivity index (χ1n) is 6.27. The van der Waals surface area contributed by atoms with Crippen molar-refractivity contribution >= 4 is 11.6 Å². The summed E-state index contributed by atoms with van der Waals surface area (Å²) in [6.45, 7) is 4.00. The average molecular weight is 298 g/mol. The van der Waals surface area contributed by atoms with Gasteiger partial charge in [0.2, 0.25) is 0 Å². The van der Waals surface area contributed by atoms with E-state index in [0.717, 1.165) is 5.69 Å². The van der Waals surface area contributed by atoms with E-state index in [1.54, 1.807) is 24.1 Å². The number of benzene rings is 1. The maximum Gasteiger partial charge on any atom is 0.161 e. The zero-order valence-electron chi connectivity index (χ0n) is 11.6. The number of halogens is 2. The summed E-state index contributed by atoms with van der Waals surface area (Å²) in [5.41, 5.74) is 7.72. The molecule has 1 unspecified atom stereocenters. The molecular weight excluding hydrogens is 281 g/mol. The van der Waals surface area contributed by atoms with E-state index in [-0.39, 0.29) is 11.1 Å². The molecule has 1 heterocycles. The largest absolute Gasteiger partial charge is 0.493 e. The molecule has 0 aliphatic heterocycles. The molecule has 2 aromatic rings. The zero-order valence-corrected chi connectivity index (χ0v) is 12.4. The highest BCUT2D eigenvalue weighted by Gasteiger charge is 2.22. The Morgan fingerprint density at radius 2 is 2.10 bits per heavy atom. The second-order valence-corrected chi connectivity index (χ2v) is 5.19. The number of methoxy groups -OCH3 is 1. The van der Waals surface area contributed by atoms with Crippen LogP contribution in [0.4, 0.5) is 4.39 Å². The molecule has 0 saturated heterocycles. The topological polar surface area (TPSA) is 53.1 Å². The second-order valence-electron chi connectivity index (χ2n) is 4.79.